The van der Waals surface area contributed by atoms with Gasteiger partial charge in [-0.25, -0.2) is 0 Å². The first kappa shape index (κ1) is 13.2. The summed E-state index contributed by atoms with van der Waals surface area (Å²) in [7, 11) is 0. The molecule has 1 aromatic heterocycles. The van der Waals surface area contributed by atoms with Crippen LogP contribution in [0.25, 0.3) is 0 Å². The van der Waals surface area contributed by atoms with E-state index in [-0.39, 0.29) is 0 Å². The fraction of sp³-hybridized carbons (Fsp3) is 0.833. The smallest absolute Gasteiger partial charge is 0.213 e. The van der Waals surface area contributed by atoms with Crippen LogP contribution in [0.3, 0.4) is 0 Å². The molecule has 0 bridgehead atoms. The highest BCUT2D eigenvalue weighted by Crippen LogP contribution is 2.05. The zero-order valence-electron chi connectivity index (χ0n) is 10.4. The topological polar surface area (TPSA) is 51.0 Å². The molecule has 1 heterocycles. The van der Waals surface area contributed by atoms with Crippen LogP contribution >= 0.6 is 0 Å². The molecule has 1 unspecified atom stereocenters. The van der Waals surface area contributed by atoms with Crippen LogP contribution in [0.15, 0.2) is 10.9 Å². The second-order valence-electron chi connectivity index (χ2n) is 4.30. The number of nitrogens with zero attached hydrogens (tertiary/aromatic N) is 2. The van der Waals surface area contributed by atoms with Crippen molar-refractivity contribution < 1.29 is 4.52 Å². The highest BCUT2D eigenvalue weighted by Gasteiger charge is 2.02. The van der Waals surface area contributed by atoms with Crippen molar-refractivity contribution in [1.82, 2.24) is 15.5 Å². The zero-order valence-corrected chi connectivity index (χ0v) is 10.4. The largest absolute Gasteiger partial charge is 0.343 e. The van der Waals surface area contributed by atoms with Gasteiger partial charge in [-0.1, -0.05) is 37.8 Å². The molecule has 0 aliphatic carbocycles. The Morgan fingerprint density at radius 1 is 1.38 bits per heavy atom. The molecule has 1 atom stereocenters. The van der Waals surface area contributed by atoms with Crippen molar-refractivity contribution in [3.8, 4) is 0 Å². The number of hydrogen-bond donors (Lipinski definition) is 1. The molecule has 92 valence electrons. The van der Waals surface area contributed by atoms with Gasteiger partial charge in [0.25, 0.3) is 0 Å². The molecule has 0 amide bonds. The van der Waals surface area contributed by atoms with Crippen molar-refractivity contribution in [2.45, 2.75) is 58.4 Å². The molecule has 1 rings (SSSR count). The van der Waals surface area contributed by atoms with E-state index in [1.165, 1.54) is 38.5 Å². The average molecular weight is 225 g/mol. The maximum Gasteiger partial charge on any atom is 0.213 e. The molecule has 0 saturated heterocycles. The van der Waals surface area contributed by atoms with Gasteiger partial charge in [0.15, 0.2) is 5.82 Å². The predicted octanol–water partition coefficient (Wildman–Crippen LogP) is 2.56. The maximum atomic E-state index is 4.67. The Balaban J connectivity index is 1.95. The molecule has 0 radical (unpaired) electrons. The standard InChI is InChI=1S/C12H23N3O/c1-3-4-5-6-7-11(2)13-9-8-12-14-10-16-15-12/h10-11,13H,3-9H2,1-2H3. The van der Waals surface area contributed by atoms with Gasteiger partial charge >= 0.3 is 0 Å². The normalized spacial score (nSPS) is 12.9. The average Bonchev–Trinajstić information content (AvgIpc) is 2.77. The van der Waals surface area contributed by atoms with E-state index in [2.05, 4.69) is 33.8 Å². The molecule has 4 nitrogen and oxygen atoms in total. The third kappa shape index (κ3) is 5.85. The summed E-state index contributed by atoms with van der Waals surface area (Å²) >= 11 is 0. The van der Waals surface area contributed by atoms with E-state index >= 15 is 0 Å². The summed E-state index contributed by atoms with van der Waals surface area (Å²) in [5.41, 5.74) is 0. The maximum absolute atomic E-state index is 4.67. The Hall–Kier alpha value is -0.900. The monoisotopic (exact) mass is 225 g/mol. The van der Waals surface area contributed by atoms with E-state index in [0.29, 0.717) is 6.04 Å². The van der Waals surface area contributed by atoms with Crippen molar-refractivity contribution in [3.05, 3.63) is 12.2 Å². The Bertz CT molecular complexity index is 249. The summed E-state index contributed by atoms with van der Waals surface area (Å²) in [6.07, 6.45) is 8.82. The summed E-state index contributed by atoms with van der Waals surface area (Å²) in [6.45, 7) is 5.41. The number of aromatic nitrogens is 2. The summed E-state index contributed by atoms with van der Waals surface area (Å²) in [5.74, 6) is 0.783. The van der Waals surface area contributed by atoms with Gasteiger partial charge in [0.05, 0.1) is 0 Å². The fourth-order valence-corrected chi connectivity index (χ4v) is 1.71. The van der Waals surface area contributed by atoms with Crippen LogP contribution in [0.4, 0.5) is 0 Å². The highest BCUT2D eigenvalue weighted by atomic mass is 16.5. The van der Waals surface area contributed by atoms with Gasteiger partial charge in [-0.3, -0.25) is 0 Å². The van der Waals surface area contributed by atoms with E-state index in [1.807, 2.05) is 0 Å². The Morgan fingerprint density at radius 3 is 2.94 bits per heavy atom. The van der Waals surface area contributed by atoms with Gasteiger partial charge in [-0.05, 0) is 13.3 Å². The van der Waals surface area contributed by atoms with E-state index < -0.39 is 0 Å². The molecule has 0 fully saturated rings. The number of unbranched alkanes of at least 4 members (excludes halogenated alkanes) is 3. The summed E-state index contributed by atoms with van der Waals surface area (Å²) in [6, 6.07) is 0.587. The molecule has 0 spiro atoms. The first-order chi connectivity index (χ1) is 7.83. The molecule has 4 heteroatoms. The van der Waals surface area contributed by atoms with Crippen LogP contribution in [0, 0.1) is 0 Å². The SMILES string of the molecule is CCCCCCC(C)NCCc1ncon1. The first-order valence-electron chi connectivity index (χ1n) is 6.31. The number of nitrogens with one attached hydrogen (secondary N) is 1. The van der Waals surface area contributed by atoms with E-state index in [9.17, 15) is 0 Å². The molecule has 0 aliphatic heterocycles. The van der Waals surface area contributed by atoms with Crippen molar-refractivity contribution in [2.75, 3.05) is 6.54 Å². The summed E-state index contributed by atoms with van der Waals surface area (Å²) < 4.78 is 4.67. The van der Waals surface area contributed by atoms with Gasteiger partial charge in [0.1, 0.15) is 0 Å². The lowest BCUT2D eigenvalue weighted by Crippen LogP contribution is -2.28. The van der Waals surface area contributed by atoms with E-state index in [4.69, 9.17) is 0 Å². The molecule has 16 heavy (non-hydrogen) atoms. The van der Waals surface area contributed by atoms with E-state index in [1.54, 1.807) is 0 Å². The quantitative estimate of drug-likeness (QED) is 0.656. The molecule has 0 aliphatic rings. The minimum atomic E-state index is 0.587. The number of rotatable bonds is 9. The van der Waals surface area contributed by atoms with Gasteiger partial charge in [0.2, 0.25) is 6.39 Å². The lowest BCUT2D eigenvalue weighted by Gasteiger charge is -2.12. The molecule has 1 N–H and O–H groups in total. The van der Waals surface area contributed by atoms with Gasteiger partial charge in [-0.15, -0.1) is 0 Å². The van der Waals surface area contributed by atoms with Gasteiger partial charge in [-0.2, -0.15) is 4.98 Å². The second kappa shape index (κ2) is 8.28. The van der Waals surface area contributed by atoms with Crippen molar-refractivity contribution in [1.29, 1.82) is 0 Å². The highest BCUT2D eigenvalue weighted by molar-refractivity contribution is 4.79. The zero-order chi connectivity index (χ0) is 11.6. The predicted molar refractivity (Wildman–Crippen MR) is 64.2 cm³/mol. The van der Waals surface area contributed by atoms with Crippen LogP contribution in [-0.4, -0.2) is 22.7 Å². The van der Waals surface area contributed by atoms with Crippen molar-refractivity contribution >= 4 is 0 Å². The van der Waals surface area contributed by atoms with Crippen LogP contribution in [0.2, 0.25) is 0 Å². The summed E-state index contributed by atoms with van der Waals surface area (Å²) in [4.78, 5) is 3.98. The molecule has 1 aromatic rings. The number of hydrogen-bond acceptors (Lipinski definition) is 4. The molecular formula is C12H23N3O. The summed E-state index contributed by atoms with van der Waals surface area (Å²) in [5, 5.41) is 7.25. The van der Waals surface area contributed by atoms with Crippen molar-refractivity contribution in [3.63, 3.8) is 0 Å². The third-order valence-electron chi connectivity index (χ3n) is 2.74. The molecular weight excluding hydrogens is 202 g/mol. The Morgan fingerprint density at radius 2 is 2.25 bits per heavy atom. The van der Waals surface area contributed by atoms with Gasteiger partial charge in [0, 0.05) is 19.0 Å². The molecule has 0 saturated carbocycles. The Kier molecular flexibility index (Phi) is 6.81. The lowest BCUT2D eigenvalue weighted by atomic mass is 10.1. The Labute approximate surface area is 97.8 Å². The van der Waals surface area contributed by atoms with Crippen molar-refractivity contribution in [2.24, 2.45) is 0 Å². The van der Waals surface area contributed by atoms with Crippen LogP contribution in [0.1, 0.15) is 51.8 Å². The van der Waals surface area contributed by atoms with Crippen LogP contribution in [0.5, 0.6) is 0 Å². The lowest BCUT2D eigenvalue weighted by molar-refractivity contribution is 0.407. The van der Waals surface area contributed by atoms with Gasteiger partial charge < -0.3 is 9.84 Å². The third-order valence-corrected chi connectivity index (χ3v) is 2.74. The fourth-order valence-electron chi connectivity index (χ4n) is 1.71. The minimum Gasteiger partial charge on any atom is -0.343 e. The van der Waals surface area contributed by atoms with E-state index in [0.717, 1.165) is 18.8 Å². The van der Waals surface area contributed by atoms with Crippen LogP contribution in [-0.2, 0) is 6.42 Å². The minimum absolute atomic E-state index is 0.587. The first-order valence-corrected chi connectivity index (χ1v) is 6.31. The molecule has 0 aromatic carbocycles. The van der Waals surface area contributed by atoms with Crippen LogP contribution < -0.4 is 5.32 Å². The second-order valence-corrected chi connectivity index (χ2v) is 4.30.